The standard InChI is InChI=1S/C19H27N5OS/c1-5-6-18(25)24-16-9-7-15(8-10-16)11-21-19(20-4)22-12-17-13(2)23-14(3)26-17/h7-10H,5-6,11-12H2,1-4H3,(H,24,25)(H2,20,21,22). The molecule has 0 saturated heterocycles. The fraction of sp³-hybridized carbons (Fsp3) is 0.421. The lowest BCUT2D eigenvalue weighted by Crippen LogP contribution is -2.36. The summed E-state index contributed by atoms with van der Waals surface area (Å²) in [4.78, 5) is 21.5. The second-order valence-electron chi connectivity index (χ2n) is 6.02. The third-order valence-electron chi connectivity index (χ3n) is 3.81. The molecule has 0 bridgehead atoms. The normalized spacial score (nSPS) is 11.3. The number of hydrogen-bond acceptors (Lipinski definition) is 4. The van der Waals surface area contributed by atoms with Gasteiger partial charge in [-0.15, -0.1) is 11.3 Å². The number of nitrogens with one attached hydrogen (secondary N) is 3. The van der Waals surface area contributed by atoms with Crippen LogP contribution in [0.25, 0.3) is 0 Å². The van der Waals surface area contributed by atoms with Gasteiger partial charge in [0.1, 0.15) is 0 Å². The van der Waals surface area contributed by atoms with Crippen molar-refractivity contribution in [3.8, 4) is 0 Å². The molecule has 0 atom stereocenters. The van der Waals surface area contributed by atoms with Crippen LogP contribution >= 0.6 is 11.3 Å². The number of hydrogen-bond donors (Lipinski definition) is 3. The number of guanidine groups is 1. The average molecular weight is 374 g/mol. The molecule has 0 spiro atoms. The van der Waals surface area contributed by atoms with Crippen LogP contribution < -0.4 is 16.0 Å². The maximum Gasteiger partial charge on any atom is 0.224 e. The molecule has 0 radical (unpaired) electrons. The number of thiazole rings is 1. The number of rotatable bonds is 7. The molecule has 0 aliphatic carbocycles. The van der Waals surface area contributed by atoms with Crippen molar-refractivity contribution >= 4 is 28.9 Å². The molecule has 0 aliphatic rings. The highest BCUT2D eigenvalue weighted by molar-refractivity contribution is 7.11. The van der Waals surface area contributed by atoms with Gasteiger partial charge in [-0.2, -0.15) is 0 Å². The summed E-state index contributed by atoms with van der Waals surface area (Å²) in [6.45, 7) is 7.40. The van der Waals surface area contributed by atoms with Crippen LogP contribution in [-0.2, 0) is 17.9 Å². The van der Waals surface area contributed by atoms with Gasteiger partial charge >= 0.3 is 0 Å². The van der Waals surface area contributed by atoms with Crippen LogP contribution in [0, 0.1) is 13.8 Å². The Morgan fingerprint density at radius 2 is 1.85 bits per heavy atom. The molecule has 2 aromatic rings. The highest BCUT2D eigenvalue weighted by atomic mass is 32.1. The van der Waals surface area contributed by atoms with Crippen molar-refractivity contribution in [2.24, 2.45) is 4.99 Å². The van der Waals surface area contributed by atoms with Gasteiger partial charge in [-0.3, -0.25) is 9.79 Å². The molecule has 0 saturated carbocycles. The highest BCUT2D eigenvalue weighted by Gasteiger charge is 2.06. The monoisotopic (exact) mass is 373 g/mol. The topological polar surface area (TPSA) is 78.4 Å². The Bertz CT molecular complexity index is 752. The van der Waals surface area contributed by atoms with Gasteiger partial charge in [0.15, 0.2) is 5.96 Å². The Balaban J connectivity index is 1.82. The maximum absolute atomic E-state index is 11.6. The SMILES string of the molecule is CCCC(=O)Nc1ccc(CNC(=NC)NCc2sc(C)nc2C)cc1. The molecule has 1 heterocycles. The van der Waals surface area contributed by atoms with Crippen LogP contribution in [0.4, 0.5) is 5.69 Å². The number of carbonyl (C=O) groups excluding carboxylic acids is 1. The lowest BCUT2D eigenvalue weighted by Gasteiger charge is -2.12. The summed E-state index contributed by atoms with van der Waals surface area (Å²) in [5.74, 6) is 0.798. The predicted octanol–water partition coefficient (Wildman–Crippen LogP) is 3.36. The van der Waals surface area contributed by atoms with E-state index in [1.165, 1.54) is 4.88 Å². The van der Waals surface area contributed by atoms with E-state index >= 15 is 0 Å². The smallest absolute Gasteiger partial charge is 0.224 e. The van der Waals surface area contributed by atoms with Crippen molar-refractivity contribution in [2.45, 2.75) is 46.7 Å². The second kappa shape index (κ2) is 9.91. The minimum absolute atomic E-state index is 0.0524. The minimum Gasteiger partial charge on any atom is -0.352 e. The minimum atomic E-state index is 0.0524. The summed E-state index contributed by atoms with van der Waals surface area (Å²) >= 11 is 1.70. The van der Waals surface area contributed by atoms with Crippen LogP contribution in [0.3, 0.4) is 0 Å². The molecule has 1 aromatic heterocycles. The number of benzene rings is 1. The van der Waals surface area contributed by atoms with Gasteiger partial charge in [0.2, 0.25) is 5.91 Å². The Hall–Kier alpha value is -2.41. The van der Waals surface area contributed by atoms with Gasteiger partial charge in [-0.1, -0.05) is 19.1 Å². The molecule has 2 rings (SSSR count). The first-order valence-electron chi connectivity index (χ1n) is 8.78. The number of carbonyl (C=O) groups is 1. The van der Waals surface area contributed by atoms with Crippen molar-refractivity contribution < 1.29 is 4.79 Å². The number of amides is 1. The lowest BCUT2D eigenvalue weighted by molar-refractivity contribution is -0.116. The summed E-state index contributed by atoms with van der Waals surface area (Å²) in [5, 5.41) is 10.6. The third-order valence-corrected chi connectivity index (χ3v) is 4.89. The summed E-state index contributed by atoms with van der Waals surface area (Å²) in [7, 11) is 1.76. The molecule has 1 aromatic carbocycles. The van der Waals surface area contributed by atoms with Crippen LogP contribution in [-0.4, -0.2) is 23.9 Å². The number of anilines is 1. The molecular formula is C19H27N5OS. The van der Waals surface area contributed by atoms with E-state index in [-0.39, 0.29) is 5.91 Å². The van der Waals surface area contributed by atoms with E-state index in [0.29, 0.717) is 19.5 Å². The number of nitrogens with zero attached hydrogens (tertiary/aromatic N) is 2. The molecule has 140 valence electrons. The van der Waals surface area contributed by atoms with E-state index in [9.17, 15) is 4.79 Å². The van der Waals surface area contributed by atoms with Gasteiger partial charge in [-0.05, 0) is 38.0 Å². The molecule has 0 unspecified atom stereocenters. The van der Waals surface area contributed by atoms with Gasteiger partial charge in [0, 0.05) is 30.6 Å². The predicted molar refractivity (Wildman–Crippen MR) is 109 cm³/mol. The Kier molecular flexibility index (Phi) is 7.59. The zero-order chi connectivity index (χ0) is 18.9. The number of aryl methyl sites for hydroxylation is 2. The molecule has 0 fully saturated rings. The summed E-state index contributed by atoms with van der Waals surface area (Å²) < 4.78 is 0. The van der Waals surface area contributed by atoms with Crippen LogP contribution in [0.15, 0.2) is 29.3 Å². The zero-order valence-corrected chi connectivity index (χ0v) is 16.7. The van der Waals surface area contributed by atoms with Crippen LogP contribution in [0.2, 0.25) is 0 Å². The number of aromatic nitrogens is 1. The van der Waals surface area contributed by atoms with Gasteiger partial charge in [0.05, 0.1) is 17.2 Å². The van der Waals surface area contributed by atoms with Gasteiger partial charge < -0.3 is 16.0 Å². The quantitative estimate of drug-likeness (QED) is 0.514. The van der Waals surface area contributed by atoms with E-state index in [2.05, 4.69) is 25.9 Å². The molecule has 1 amide bonds. The van der Waals surface area contributed by atoms with Crippen molar-refractivity contribution in [3.63, 3.8) is 0 Å². The second-order valence-corrected chi connectivity index (χ2v) is 7.30. The van der Waals surface area contributed by atoms with Crippen molar-refractivity contribution in [3.05, 3.63) is 45.4 Å². The highest BCUT2D eigenvalue weighted by Crippen LogP contribution is 2.16. The van der Waals surface area contributed by atoms with E-state index in [1.807, 2.05) is 45.0 Å². The van der Waals surface area contributed by atoms with Crippen molar-refractivity contribution in [2.75, 3.05) is 12.4 Å². The van der Waals surface area contributed by atoms with Gasteiger partial charge in [-0.25, -0.2) is 4.98 Å². The Morgan fingerprint density at radius 1 is 1.15 bits per heavy atom. The fourth-order valence-corrected chi connectivity index (χ4v) is 3.34. The molecule has 7 heteroatoms. The first kappa shape index (κ1) is 19.9. The molecule has 3 N–H and O–H groups in total. The van der Waals surface area contributed by atoms with Crippen molar-refractivity contribution in [1.82, 2.24) is 15.6 Å². The third kappa shape index (κ3) is 6.15. The Labute approximate surface area is 159 Å². The van der Waals surface area contributed by atoms with Crippen LogP contribution in [0.1, 0.15) is 40.9 Å². The summed E-state index contributed by atoms with van der Waals surface area (Å²) in [5.41, 5.74) is 3.01. The first-order chi connectivity index (χ1) is 12.5. The molecular weight excluding hydrogens is 346 g/mol. The van der Waals surface area contributed by atoms with Crippen molar-refractivity contribution in [1.29, 1.82) is 0 Å². The molecule has 26 heavy (non-hydrogen) atoms. The maximum atomic E-state index is 11.6. The summed E-state index contributed by atoms with van der Waals surface area (Å²) in [6.07, 6.45) is 1.39. The summed E-state index contributed by atoms with van der Waals surface area (Å²) in [6, 6.07) is 7.84. The molecule has 6 nitrogen and oxygen atoms in total. The van der Waals surface area contributed by atoms with E-state index in [4.69, 9.17) is 0 Å². The van der Waals surface area contributed by atoms with Gasteiger partial charge in [0.25, 0.3) is 0 Å². The Morgan fingerprint density at radius 3 is 2.42 bits per heavy atom. The lowest BCUT2D eigenvalue weighted by atomic mass is 10.2. The fourth-order valence-electron chi connectivity index (χ4n) is 2.46. The average Bonchev–Trinajstić information content (AvgIpc) is 2.94. The van der Waals surface area contributed by atoms with Crippen LogP contribution in [0.5, 0.6) is 0 Å². The zero-order valence-electron chi connectivity index (χ0n) is 15.8. The van der Waals surface area contributed by atoms with E-state index in [0.717, 1.165) is 34.3 Å². The number of aliphatic imine (C=N–C) groups is 1. The molecule has 0 aliphatic heterocycles. The van der Waals surface area contributed by atoms with E-state index < -0.39 is 0 Å². The largest absolute Gasteiger partial charge is 0.352 e. The van der Waals surface area contributed by atoms with E-state index in [1.54, 1.807) is 18.4 Å². The first-order valence-corrected chi connectivity index (χ1v) is 9.59.